The molecule has 0 aliphatic carbocycles. The Hall–Kier alpha value is -3.35. The number of aromatic nitrogens is 2. The predicted octanol–water partition coefficient (Wildman–Crippen LogP) is 4.97. The molecule has 2 aromatic rings. The van der Waals surface area contributed by atoms with Gasteiger partial charge in [0.05, 0.1) is 29.1 Å². The van der Waals surface area contributed by atoms with Crippen LogP contribution in [0.25, 0.3) is 11.3 Å². The molecule has 0 spiro atoms. The lowest BCUT2D eigenvalue weighted by Crippen LogP contribution is -2.35. The second-order valence-corrected chi connectivity index (χ2v) is 7.68. The van der Waals surface area contributed by atoms with Crippen LogP contribution in [-0.2, 0) is 11.0 Å². The fourth-order valence-corrected chi connectivity index (χ4v) is 3.23. The van der Waals surface area contributed by atoms with Crippen molar-refractivity contribution >= 4 is 30.0 Å². The summed E-state index contributed by atoms with van der Waals surface area (Å²) in [5, 5.41) is 18.1. The summed E-state index contributed by atoms with van der Waals surface area (Å²) >= 11 is 1.13. The summed E-state index contributed by atoms with van der Waals surface area (Å²) in [6, 6.07) is 3.16. The molecule has 0 aliphatic heterocycles. The van der Waals surface area contributed by atoms with Crippen molar-refractivity contribution in [1.82, 2.24) is 20.0 Å². The molecule has 4 N–H and O–H groups in total. The van der Waals surface area contributed by atoms with Crippen molar-refractivity contribution in [2.75, 3.05) is 25.2 Å². The van der Waals surface area contributed by atoms with Crippen LogP contribution in [0.2, 0.25) is 0 Å². The number of amides is 2. The van der Waals surface area contributed by atoms with Crippen LogP contribution in [0.4, 0.5) is 18.9 Å². The second-order valence-electron chi connectivity index (χ2n) is 7.09. The maximum absolute atomic E-state index is 13.4. The SMILES string of the molecule is C=C/C(=C\C/C=C\CC)CO.CSNN(C)C(=O)c1cc(-c2ccn[nH]2)c(C(F)(F)F)cc1NC=O. The Bertz CT molecular complexity index is 1050. The lowest BCUT2D eigenvalue weighted by Gasteiger charge is -2.21. The number of aromatic amines is 1. The number of hydrogen-bond donors (Lipinski definition) is 4. The number of anilines is 1. The lowest BCUT2D eigenvalue weighted by molar-refractivity contribution is -0.137. The van der Waals surface area contributed by atoms with Gasteiger partial charge < -0.3 is 10.4 Å². The molecule has 0 saturated heterocycles. The van der Waals surface area contributed by atoms with Crippen molar-refractivity contribution < 1.29 is 27.9 Å². The zero-order valence-electron chi connectivity index (χ0n) is 20.2. The Kier molecular flexibility index (Phi) is 13.3. The van der Waals surface area contributed by atoms with Gasteiger partial charge in [0.1, 0.15) is 0 Å². The lowest BCUT2D eigenvalue weighted by atomic mass is 9.98. The minimum atomic E-state index is -4.69. The van der Waals surface area contributed by atoms with Gasteiger partial charge in [-0.05, 0) is 42.9 Å². The fourth-order valence-electron chi connectivity index (χ4n) is 2.88. The molecule has 196 valence electrons. The monoisotopic (exact) mass is 525 g/mol. The fraction of sp³-hybridized carbons (Fsp3) is 0.292. The van der Waals surface area contributed by atoms with Gasteiger partial charge in [0.25, 0.3) is 5.91 Å². The van der Waals surface area contributed by atoms with Crippen LogP contribution >= 0.6 is 11.9 Å². The molecule has 0 unspecified atom stereocenters. The molecule has 1 heterocycles. The normalized spacial score (nSPS) is 11.6. The highest BCUT2D eigenvalue weighted by Gasteiger charge is 2.36. The molecule has 0 aliphatic rings. The van der Waals surface area contributed by atoms with Crippen LogP contribution < -0.4 is 10.1 Å². The van der Waals surface area contributed by atoms with E-state index in [0.29, 0.717) is 0 Å². The molecule has 36 heavy (non-hydrogen) atoms. The molecule has 2 amide bonds. The Morgan fingerprint density at radius 2 is 2.06 bits per heavy atom. The van der Waals surface area contributed by atoms with Crippen molar-refractivity contribution in [2.24, 2.45) is 0 Å². The minimum absolute atomic E-state index is 0.0868. The number of alkyl halides is 3. The van der Waals surface area contributed by atoms with E-state index in [0.717, 1.165) is 47.5 Å². The summed E-state index contributed by atoms with van der Waals surface area (Å²) in [6.07, 6.45) is 8.29. The summed E-state index contributed by atoms with van der Waals surface area (Å²) in [4.78, 5) is 25.9. The van der Waals surface area contributed by atoms with E-state index in [4.69, 9.17) is 5.11 Å². The molecule has 1 aromatic carbocycles. The van der Waals surface area contributed by atoms with E-state index in [-0.39, 0.29) is 35.5 Å². The summed E-state index contributed by atoms with van der Waals surface area (Å²) in [5.74, 6) is -0.617. The highest BCUT2D eigenvalue weighted by atomic mass is 32.2. The Balaban J connectivity index is 0.000000497. The van der Waals surface area contributed by atoms with Gasteiger partial charge in [-0.25, -0.2) is 0 Å². The Morgan fingerprint density at radius 1 is 1.33 bits per heavy atom. The molecular formula is C24H30F3N5O3S. The summed E-state index contributed by atoms with van der Waals surface area (Å²) < 4.78 is 40.2. The number of carbonyl (C=O) groups excluding carboxylic acids is 2. The largest absolute Gasteiger partial charge is 0.417 e. The third-order valence-corrected chi connectivity index (χ3v) is 5.05. The average Bonchev–Trinajstić information content (AvgIpc) is 3.39. The smallest absolute Gasteiger partial charge is 0.392 e. The van der Waals surface area contributed by atoms with Crippen LogP contribution in [0, 0.1) is 0 Å². The topological polar surface area (TPSA) is 110 Å². The van der Waals surface area contributed by atoms with Crippen molar-refractivity contribution in [3.63, 3.8) is 0 Å². The number of halogens is 3. The first-order valence-corrected chi connectivity index (χ1v) is 12.0. The first-order valence-electron chi connectivity index (χ1n) is 10.7. The Morgan fingerprint density at radius 3 is 2.56 bits per heavy atom. The number of allylic oxidation sites excluding steroid dienone is 3. The van der Waals surface area contributed by atoms with Crippen molar-refractivity contribution in [3.8, 4) is 11.3 Å². The average molecular weight is 526 g/mol. The van der Waals surface area contributed by atoms with E-state index in [1.807, 2.05) is 6.08 Å². The molecular weight excluding hydrogens is 495 g/mol. The van der Waals surface area contributed by atoms with Crippen LogP contribution in [0.3, 0.4) is 0 Å². The molecule has 8 nitrogen and oxygen atoms in total. The first-order chi connectivity index (χ1) is 17.1. The number of nitrogens with zero attached hydrogens (tertiary/aromatic N) is 2. The van der Waals surface area contributed by atoms with Gasteiger partial charge >= 0.3 is 6.18 Å². The molecule has 2 rings (SSSR count). The minimum Gasteiger partial charge on any atom is -0.392 e. The van der Waals surface area contributed by atoms with Gasteiger partial charge in [-0.3, -0.25) is 19.7 Å². The number of carbonyl (C=O) groups is 2. The molecule has 0 fully saturated rings. The zero-order chi connectivity index (χ0) is 27.1. The number of benzene rings is 1. The number of H-pyrrole nitrogens is 1. The van der Waals surface area contributed by atoms with E-state index >= 15 is 0 Å². The van der Waals surface area contributed by atoms with Crippen molar-refractivity contribution in [2.45, 2.75) is 25.9 Å². The predicted molar refractivity (Wildman–Crippen MR) is 137 cm³/mol. The third-order valence-electron chi connectivity index (χ3n) is 4.59. The van der Waals surface area contributed by atoms with Gasteiger partial charge in [0.2, 0.25) is 6.41 Å². The quantitative estimate of drug-likeness (QED) is 0.108. The molecule has 0 atom stereocenters. The second kappa shape index (κ2) is 15.6. The maximum Gasteiger partial charge on any atom is 0.417 e. The van der Waals surface area contributed by atoms with Crippen LogP contribution in [-0.4, -0.2) is 52.5 Å². The van der Waals surface area contributed by atoms with Crippen LogP contribution in [0.5, 0.6) is 0 Å². The highest BCUT2D eigenvalue weighted by molar-refractivity contribution is 7.96. The first kappa shape index (κ1) is 30.7. The molecule has 0 saturated carbocycles. The standard InChI is InChI=1S/C14H14F3N5O2S.C10H16O/c1-22(21-25-2)13(24)9-5-8(11-3-4-19-20-11)10(14(15,16)17)6-12(9)18-7-23;1-3-5-6-7-8-10(4-2)9-11/h3-7,21H,1-2H3,(H,18,23)(H,19,20);4-6,8,11H,2-3,7,9H2,1H3/b;6-5-,10-8+. The van der Waals surface area contributed by atoms with Crippen LogP contribution in [0.1, 0.15) is 35.7 Å². The van der Waals surface area contributed by atoms with E-state index in [9.17, 15) is 22.8 Å². The summed E-state index contributed by atoms with van der Waals surface area (Å²) in [5.41, 5.74) is -0.607. The van der Waals surface area contributed by atoms with E-state index in [2.05, 4.69) is 46.0 Å². The van der Waals surface area contributed by atoms with Gasteiger partial charge in [0, 0.05) is 18.8 Å². The molecule has 0 radical (unpaired) electrons. The van der Waals surface area contributed by atoms with E-state index < -0.39 is 17.6 Å². The van der Waals surface area contributed by atoms with E-state index in [1.54, 1.807) is 12.3 Å². The number of rotatable bonds is 11. The van der Waals surface area contributed by atoms with Crippen LogP contribution in [0.15, 0.2) is 60.9 Å². The maximum atomic E-state index is 13.4. The highest BCUT2D eigenvalue weighted by Crippen LogP contribution is 2.39. The number of nitrogens with one attached hydrogen (secondary N) is 3. The van der Waals surface area contributed by atoms with E-state index in [1.165, 1.54) is 19.3 Å². The van der Waals surface area contributed by atoms with Gasteiger partial charge in [0.15, 0.2) is 0 Å². The van der Waals surface area contributed by atoms with Crippen molar-refractivity contribution in [1.29, 1.82) is 0 Å². The number of hydrogen-bond acceptors (Lipinski definition) is 6. The number of hydrazine groups is 1. The van der Waals surface area contributed by atoms with Gasteiger partial charge in [-0.1, -0.05) is 49.8 Å². The number of aliphatic hydroxyl groups excluding tert-OH is 1. The molecule has 1 aromatic heterocycles. The number of aliphatic hydroxyl groups is 1. The Labute approximate surface area is 212 Å². The van der Waals surface area contributed by atoms with Gasteiger partial charge in [-0.2, -0.15) is 23.1 Å². The molecule has 0 bridgehead atoms. The third kappa shape index (κ3) is 9.36. The summed E-state index contributed by atoms with van der Waals surface area (Å²) in [6.45, 7) is 5.76. The molecule has 12 heteroatoms. The zero-order valence-corrected chi connectivity index (χ0v) is 21.0. The van der Waals surface area contributed by atoms with Gasteiger partial charge in [-0.15, -0.1) is 0 Å². The van der Waals surface area contributed by atoms with Crippen molar-refractivity contribution in [3.05, 3.63) is 72.0 Å². The summed E-state index contributed by atoms with van der Waals surface area (Å²) in [7, 11) is 1.41.